The smallest absolute Gasteiger partial charge is 0.00573 e. The molecular formula is C11H16S. The Morgan fingerprint density at radius 2 is 2.08 bits per heavy atom. The van der Waals surface area contributed by atoms with Crippen molar-refractivity contribution in [2.75, 3.05) is 5.75 Å². The van der Waals surface area contributed by atoms with Gasteiger partial charge in [0.15, 0.2) is 0 Å². The van der Waals surface area contributed by atoms with Crippen LogP contribution in [-0.4, -0.2) is 5.75 Å². The molecule has 0 aliphatic carbocycles. The molecule has 0 atom stereocenters. The zero-order valence-electron chi connectivity index (χ0n) is 7.80. The first kappa shape index (κ1) is 9.66. The Bertz CT molecular complexity index is 253. The molecule has 0 aromatic heterocycles. The number of hydrogen-bond donors (Lipinski definition) is 1. The summed E-state index contributed by atoms with van der Waals surface area (Å²) >= 11 is 4.23. The monoisotopic (exact) mass is 180 g/mol. The van der Waals surface area contributed by atoms with Crippen molar-refractivity contribution in [3.63, 3.8) is 0 Å². The topological polar surface area (TPSA) is 0 Å². The van der Waals surface area contributed by atoms with Gasteiger partial charge in [0.2, 0.25) is 0 Å². The predicted molar refractivity (Wildman–Crippen MR) is 58.1 cm³/mol. The summed E-state index contributed by atoms with van der Waals surface area (Å²) in [5.74, 6) is 0.937. The lowest BCUT2D eigenvalue weighted by Gasteiger charge is -2.05. The molecule has 1 aromatic carbocycles. The van der Waals surface area contributed by atoms with Crippen LogP contribution in [0.1, 0.15) is 23.6 Å². The molecule has 0 fully saturated rings. The van der Waals surface area contributed by atoms with Gasteiger partial charge in [-0.25, -0.2) is 0 Å². The normalized spacial score (nSPS) is 10.2. The molecule has 0 heterocycles. The van der Waals surface area contributed by atoms with Crippen molar-refractivity contribution >= 4 is 12.6 Å². The van der Waals surface area contributed by atoms with Crippen molar-refractivity contribution in [1.82, 2.24) is 0 Å². The second-order valence-corrected chi connectivity index (χ2v) is 3.54. The minimum Gasteiger partial charge on any atom is -0.179 e. The van der Waals surface area contributed by atoms with Crippen molar-refractivity contribution in [3.05, 3.63) is 34.9 Å². The van der Waals surface area contributed by atoms with Crippen molar-refractivity contribution in [2.45, 2.75) is 26.7 Å². The Kier molecular flexibility index (Phi) is 3.67. The van der Waals surface area contributed by atoms with E-state index in [1.807, 2.05) is 0 Å². The summed E-state index contributed by atoms with van der Waals surface area (Å²) < 4.78 is 0. The molecule has 0 aliphatic rings. The molecule has 66 valence electrons. The van der Waals surface area contributed by atoms with Crippen LogP contribution in [0.3, 0.4) is 0 Å². The number of hydrogen-bond acceptors (Lipinski definition) is 1. The van der Waals surface area contributed by atoms with Crippen LogP contribution in [0.5, 0.6) is 0 Å². The summed E-state index contributed by atoms with van der Waals surface area (Å²) in [6.07, 6.45) is 2.21. The molecule has 0 aliphatic heterocycles. The van der Waals surface area contributed by atoms with Crippen LogP contribution in [0.2, 0.25) is 0 Å². The first-order valence-corrected chi connectivity index (χ1v) is 5.10. The van der Waals surface area contributed by atoms with Gasteiger partial charge in [0.25, 0.3) is 0 Å². The first-order valence-electron chi connectivity index (χ1n) is 4.47. The molecule has 0 saturated heterocycles. The van der Waals surface area contributed by atoms with Gasteiger partial charge in [-0.1, -0.05) is 25.1 Å². The maximum Gasteiger partial charge on any atom is -0.00573 e. The Balaban J connectivity index is 2.87. The van der Waals surface area contributed by atoms with Gasteiger partial charge >= 0.3 is 0 Å². The average molecular weight is 180 g/mol. The van der Waals surface area contributed by atoms with E-state index < -0.39 is 0 Å². The van der Waals surface area contributed by atoms with E-state index >= 15 is 0 Å². The molecule has 0 amide bonds. The van der Waals surface area contributed by atoms with Gasteiger partial charge in [-0.05, 0) is 42.2 Å². The summed E-state index contributed by atoms with van der Waals surface area (Å²) in [7, 11) is 0. The molecule has 0 nitrogen and oxygen atoms in total. The van der Waals surface area contributed by atoms with Gasteiger partial charge in [-0.15, -0.1) is 0 Å². The van der Waals surface area contributed by atoms with Crippen molar-refractivity contribution in [1.29, 1.82) is 0 Å². The lowest BCUT2D eigenvalue weighted by Crippen LogP contribution is -1.92. The van der Waals surface area contributed by atoms with E-state index in [1.54, 1.807) is 0 Å². The molecule has 1 aromatic rings. The maximum absolute atomic E-state index is 4.23. The highest BCUT2D eigenvalue weighted by atomic mass is 32.1. The standard InChI is InChI=1S/C11H16S/c1-3-10-4-5-11(6-7-12)9(2)8-10/h4-5,8,12H,3,6-7H2,1-2H3. The van der Waals surface area contributed by atoms with Crippen LogP contribution in [0, 0.1) is 6.92 Å². The van der Waals surface area contributed by atoms with Crippen molar-refractivity contribution < 1.29 is 0 Å². The quantitative estimate of drug-likeness (QED) is 0.679. The van der Waals surface area contributed by atoms with Gasteiger partial charge in [-0.2, -0.15) is 12.6 Å². The van der Waals surface area contributed by atoms with Crippen LogP contribution in [0.4, 0.5) is 0 Å². The minimum atomic E-state index is 0.937. The lowest BCUT2D eigenvalue weighted by atomic mass is 10.0. The minimum absolute atomic E-state index is 0.937. The average Bonchev–Trinajstić information content (AvgIpc) is 2.09. The zero-order chi connectivity index (χ0) is 8.97. The summed E-state index contributed by atoms with van der Waals surface area (Å²) in [6.45, 7) is 4.37. The highest BCUT2D eigenvalue weighted by molar-refractivity contribution is 7.80. The SMILES string of the molecule is CCc1ccc(CCS)c(C)c1. The van der Waals surface area contributed by atoms with E-state index in [0.29, 0.717) is 0 Å². The van der Waals surface area contributed by atoms with Gasteiger partial charge < -0.3 is 0 Å². The van der Waals surface area contributed by atoms with Crippen LogP contribution < -0.4 is 0 Å². The molecule has 1 rings (SSSR count). The fourth-order valence-corrected chi connectivity index (χ4v) is 1.62. The number of benzene rings is 1. The first-order chi connectivity index (χ1) is 5.77. The molecular weight excluding hydrogens is 164 g/mol. The van der Waals surface area contributed by atoms with E-state index in [1.165, 1.54) is 16.7 Å². The summed E-state index contributed by atoms with van der Waals surface area (Å²) in [5, 5.41) is 0. The Morgan fingerprint density at radius 3 is 2.58 bits per heavy atom. The largest absolute Gasteiger partial charge is 0.179 e. The summed E-state index contributed by atoms with van der Waals surface area (Å²) in [4.78, 5) is 0. The van der Waals surface area contributed by atoms with Crippen LogP contribution >= 0.6 is 12.6 Å². The Labute approximate surface area is 80.4 Å². The maximum atomic E-state index is 4.23. The number of thiol groups is 1. The number of aryl methyl sites for hydroxylation is 3. The molecule has 1 heteroatoms. The Hall–Kier alpha value is -0.430. The van der Waals surface area contributed by atoms with Crippen molar-refractivity contribution in [3.8, 4) is 0 Å². The molecule has 0 N–H and O–H groups in total. The molecule has 0 radical (unpaired) electrons. The lowest BCUT2D eigenvalue weighted by molar-refractivity contribution is 1.08. The molecule has 0 unspecified atom stereocenters. The summed E-state index contributed by atoms with van der Waals surface area (Å²) in [5.41, 5.74) is 4.26. The third kappa shape index (κ3) is 2.28. The Morgan fingerprint density at radius 1 is 1.33 bits per heavy atom. The second-order valence-electron chi connectivity index (χ2n) is 3.09. The van der Waals surface area contributed by atoms with Crippen LogP contribution in [-0.2, 0) is 12.8 Å². The fraction of sp³-hybridized carbons (Fsp3) is 0.455. The van der Waals surface area contributed by atoms with Gasteiger partial charge in [0.05, 0.1) is 0 Å². The van der Waals surface area contributed by atoms with Crippen LogP contribution in [0.25, 0.3) is 0 Å². The van der Waals surface area contributed by atoms with Crippen molar-refractivity contribution in [2.24, 2.45) is 0 Å². The van der Waals surface area contributed by atoms with E-state index in [-0.39, 0.29) is 0 Å². The van der Waals surface area contributed by atoms with Crippen LogP contribution in [0.15, 0.2) is 18.2 Å². The van der Waals surface area contributed by atoms with Gasteiger partial charge in [-0.3, -0.25) is 0 Å². The van der Waals surface area contributed by atoms with E-state index in [9.17, 15) is 0 Å². The predicted octanol–water partition coefficient (Wildman–Crippen LogP) is 3.03. The number of rotatable bonds is 3. The zero-order valence-corrected chi connectivity index (χ0v) is 8.70. The highest BCUT2D eigenvalue weighted by Crippen LogP contribution is 2.12. The van der Waals surface area contributed by atoms with Gasteiger partial charge in [0, 0.05) is 0 Å². The fourth-order valence-electron chi connectivity index (χ4n) is 1.38. The third-order valence-corrected chi connectivity index (χ3v) is 2.42. The van der Waals surface area contributed by atoms with E-state index in [4.69, 9.17) is 0 Å². The molecule has 0 spiro atoms. The molecule has 0 bridgehead atoms. The molecule has 0 saturated carbocycles. The summed E-state index contributed by atoms with van der Waals surface area (Å²) in [6, 6.07) is 6.72. The molecule has 12 heavy (non-hydrogen) atoms. The van der Waals surface area contributed by atoms with E-state index in [0.717, 1.165) is 18.6 Å². The second kappa shape index (κ2) is 4.56. The van der Waals surface area contributed by atoms with Gasteiger partial charge in [0.1, 0.15) is 0 Å². The third-order valence-electron chi connectivity index (χ3n) is 2.20. The highest BCUT2D eigenvalue weighted by Gasteiger charge is 1.97. The van der Waals surface area contributed by atoms with E-state index in [2.05, 4.69) is 44.7 Å².